The van der Waals surface area contributed by atoms with Gasteiger partial charge in [-0.15, -0.1) is 0 Å². The zero-order valence-electron chi connectivity index (χ0n) is 18.7. The quantitative estimate of drug-likeness (QED) is 0.451. The zero-order valence-corrected chi connectivity index (χ0v) is 19.5. The van der Waals surface area contributed by atoms with Crippen molar-refractivity contribution in [1.29, 1.82) is 0 Å². The molecule has 2 N–H and O–H groups in total. The van der Waals surface area contributed by atoms with Crippen LogP contribution in [0.4, 0.5) is 8.78 Å². The van der Waals surface area contributed by atoms with Crippen molar-refractivity contribution in [2.75, 3.05) is 19.6 Å². The number of amides is 1. The molecule has 0 aliphatic heterocycles. The van der Waals surface area contributed by atoms with E-state index in [1.54, 1.807) is 26.0 Å². The number of pyridine rings is 1. The van der Waals surface area contributed by atoms with E-state index in [0.29, 0.717) is 30.4 Å². The summed E-state index contributed by atoms with van der Waals surface area (Å²) in [4.78, 5) is 27.6. The highest BCUT2D eigenvalue weighted by molar-refractivity contribution is 7.89. The first-order chi connectivity index (χ1) is 16.1. The monoisotopic (exact) mass is 493 g/mol. The van der Waals surface area contributed by atoms with Crippen LogP contribution in [-0.4, -0.2) is 49.9 Å². The fourth-order valence-corrected chi connectivity index (χ4v) is 5.03. The van der Waals surface area contributed by atoms with Gasteiger partial charge in [0.1, 0.15) is 5.75 Å². The number of aromatic amines is 1. The molecule has 0 aliphatic carbocycles. The Labute approximate surface area is 195 Å². The zero-order chi connectivity index (χ0) is 24.9. The van der Waals surface area contributed by atoms with Crippen molar-refractivity contribution in [3.8, 4) is 5.75 Å². The lowest BCUT2D eigenvalue weighted by Gasteiger charge is -2.19. The molecule has 8 nitrogen and oxygen atoms in total. The van der Waals surface area contributed by atoms with Crippen molar-refractivity contribution in [1.82, 2.24) is 14.6 Å². The van der Waals surface area contributed by atoms with Crippen molar-refractivity contribution < 1.29 is 26.7 Å². The smallest absolute Gasteiger partial charge is 0.387 e. The van der Waals surface area contributed by atoms with Gasteiger partial charge in [0, 0.05) is 36.6 Å². The van der Waals surface area contributed by atoms with Crippen LogP contribution < -0.4 is 15.6 Å². The van der Waals surface area contributed by atoms with Gasteiger partial charge in [-0.2, -0.15) is 13.1 Å². The normalized spacial score (nSPS) is 11.8. The van der Waals surface area contributed by atoms with Crippen molar-refractivity contribution in [3.05, 3.63) is 70.0 Å². The molecule has 3 aromatic rings. The number of H-pyrrole nitrogens is 1. The molecule has 2 aromatic carbocycles. The number of nitrogens with one attached hydrogen (secondary N) is 2. The van der Waals surface area contributed by atoms with E-state index in [1.807, 2.05) is 0 Å². The van der Waals surface area contributed by atoms with E-state index in [9.17, 15) is 26.8 Å². The summed E-state index contributed by atoms with van der Waals surface area (Å²) in [5.41, 5.74) is 0.679. The summed E-state index contributed by atoms with van der Waals surface area (Å²) in [7, 11) is -3.76. The number of halogens is 2. The van der Waals surface area contributed by atoms with Crippen LogP contribution in [0.3, 0.4) is 0 Å². The van der Waals surface area contributed by atoms with Gasteiger partial charge in [-0.1, -0.05) is 26.0 Å². The Morgan fingerprint density at radius 2 is 1.76 bits per heavy atom. The number of carbonyl (C=O) groups is 1. The molecular formula is C23H25F2N3O5S. The number of fused-ring (bicyclic) bond motifs is 1. The summed E-state index contributed by atoms with van der Waals surface area (Å²) in [6, 6.07) is 11.4. The molecule has 34 heavy (non-hydrogen) atoms. The Hall–Kier alpha value is -3.31. The van der Waals surface area contributed by atoms with E-state index in [0.717, 1.165) is 11.6 Å². The van der Waals surface area contributed by atoms with Gasteiger partial charge in [-0.05, 0) is 42.3 Å². The van der Waals surface area contributed by atoms with Crippen LogP contribution in [0.25, 0.3) is 10.9 Å². The van der Waals surface area contributed by atoms with Gasteiger partial charge in [0.25, 0.3) is 5.91 Å². The predicted octanol–water partition coefficient (Wildman–Crippen LogP) is 3.13. The van der Waals surface area contributed by atoms with Gasteiger partial charge < -0.3 is 15.0 Å². The van der Waals surface area contributed by atoms with Crippen molar-refractivity contribution in [3.63, 3.8) is 0 Å². The van der Waals surface area contributed by atoms with Crippen LogP contribution in [0.5, 0.6) is 5.75 Å². The van der Waals surface area contributed by atoms with Crippen molar-refractivity contribution in [2.24, 2.45) is 0 Å². The summed E-state index contributed by atoms with van der Waals surface area (Å²) in [5, 5.41) is 3.02. The lowest BCUT2D eigenvalue weighted by Crippen LogP contribution is -2.30. The van der Waals surface area contributed by atoms with Gasteiger partial charge in [0.2, 0.25) is 15.6 Å². The number of benzene rings is 2. The van der Waals surface area contributed by atoms with Gasteiger partial charge in [0.05, 0.1) is 10.5 Å². The first-order valence-corrected chi connectivity index (χ1v) is 12.1. The maximum atomic E-state index is 12.9. The Kier molecular flexibility index (Phi) is 8.00. The summed E-state index contributed by atoms with van der Waals surface area (Å²) in [6.07, 6.45) is 0.406. The Morgan fingerprint density at radius 3 is 2.38 bits per heavy atom. The maximum Gasteiger partial charge on any atom is 0.387 e. The Bertz CT molecular complexity index is 1320. The van der Waals surface area contributed by atoms with E-state index < -0.39 is 28.1 Å². The average molecular weight is 494 g/mol. The highest BCUT2D eigenvalue weighted by Crippen LogP contribution is 2.23. The standard InChI is InChI=1S/C23H25F2N3O5S/c1-3-28(4-2)34(31,32)17-9-10-20-18(13-17)19(14-21(29)27-20)22(30)26-12-11-15-5-7-16(8-6-15)33-23(24)25/h5-10,13-14,23H,3-4,11-12H2,1-2H3,(H,26,30)(H,27,29). The minimum absolute atomic E-state index is 0.0240. The molecule has 1 aromatic heterocycles. The Morgan fingerprint density at radius 1 is 1.09 bits per heavy atom. The molecule has 0 aliphatic rings. The SMILES string of the molecule is CCN(CC)S(=O)(=O)c1ccc2[nH]c(=O)cc(C(=O)NCCc3ccc(OC(F)F)cc3)c2c1. The highest BCUT2D eigenvalue weighted by Gasteiger charge is 2.23. The van der Waals surface area contributed by atoms with Gasteiger partial charge >= 0.3 is 6.61 Å². The molecule has 182 valence electrons. The van der Waals surface area contributed by atoms with Crippen molar-refractivity contribution >= 4 is 26.8 Å². The molecule has 11 heteroatoms. The fraction of sp³-hybridized carbons (Fsp3) is 0.304. The number of nitrogens with zero attached hydrogens (tertiary/aromatic N) is 1. The topological polar surface area (TPSA) is 109 Å². The highest BCUT2D eigenvalue weighted by atomic mass is 32.2. The van der Waals surface area contributed by atoms with Crippen LogP contribution >= 0.6 is 0 Å². The second-order valence-electron chi connectivity index (χ2n) is 7.37. The molecule has 0 atom stereocenters. The van der Waals surface area contributed by atoms with Crippen LogP contribution in [0, 0.1) is 0 Å². The molecule has 3 rings (SSSR count). The van der Waals surface area contributed by atoms with Gasteiger partial charge in [0.15, 0.2) is 0 Å². The van der Waals surface area contributed by atoms with E-state index in [1.165, 1.54) is 34.6 Å². The number of rotatable bonds is 10. The van der Waals surface area contributed by atoms with Crippen LogP contribution in [0.1, 0.15) is 29.8 Å². The molecule has 0 bridgehead atoms. The maximum absolute atomic E-state index is 12.9. The van der Waals surface area contributed by atoms with Gasteiger partial charge in [-0.3, -0.25) is 9.59 Å². The number of hydrogen-bond acceptors (Lipinski definition) is 5. The van der Waals surface area contributed by atoms with E-state index in [-0.39, 0.29) is 22.8 Å². The number of ether oxygens (including phenoxy) is 1. The van der Waals surface area contributed by atoms with Crippen molar-refractivity contribution in [2.45, 2.75) is 31.8 Å². The Balaban J connectivity index is 1.81. The number of aromatic nitrogens is 1. The molecule has 0 spiro atoms. The minimum atomic E-state index is -3.76. The molecule has 0 fully saturated rings. The lowest BCUT2D eigenvalue weighted by atomic mass is 10.1. The summed E-state index contributed by atoms with van der Waals surface area (Å²) < 4.78 is 55.9. The number of hydrogen-bond donors (Lipinski definition) is 2. The average Bonchev–Trinajstić information content (AvgIpc) is 2.79. The first-order valence-electron chi connectivity index (χ1n) is 10.6. The molecule has 0 saturated heterocycles. The fourth-order valence-electron chi connectivity index (χ4n) is 3.55. The summed E-state index contributed by atoms with van der Waals surface area (Å²) >= 11 is 0. The molecule has 0 unspecified atom stereocenters. The largest absolute Gasteiger partial charge is 0.435 e. The third-order valence-electron chi connectivity index (χ3n) is 5.25. The summed E-state index contributed by atoms with van der Waals surface area (Å²) in [6.45, 7) is 1.36. The molecule has 1 amide bonds. The number of sulfonamides is 1. The van der Waals surface area contributed by atoms with E-state index >= 15 is 0 Å². The second-order valence-corrected chi connectivity index (χ2v) is 9.31. The summed E-state index contributed by atoms with van der Waals surface area (Å²) in [5.74, 6) is -0.501. The van der Waals surface area contributed by atoms with Crippen LogP contribution in [-0.2, 0) is 16.4 Å². The number of carbonyl (C=O) groups excluding carboxylic acids is 1. The minimum Gasteiger partial charge on any atom is -0.435 e. The molecule has 0 radical (unpaired) electrons. The first kappa shape index (κ1) is 25.3. The molecule has 1 heterocycles. The van der Waals surface area contributed by atoms with Crippen LogP contribution in [0.2, 0.25) is 0 Å². The predicted molar refractivity (Wildman–Crippen MR) is 124 cm³/mol. The molecular weight excluding hydrogens is 468 g/mol. The third-order valence-corrected chi connectivity index (χ3v) is 7.30. The number of alkyl halides is 2. The second kappa shape index (κ2) is 10.7. The lowest BCUT2D eigenvalue weighted by molar-refractivity contribution is -0.0498. The van der Waals surface area contributed by atoms with E-state index in [2.05, 4.69) is 15.0 Å². The van der Waals surface area contributed by atoms with Gasteiger partial charge in [-0.25, -0.2) is 8.42 Å². The van der Waals surface area contributed by atoms with E-state index in [4.69, 9.17) is 0 Å². The van der Waals surface area contributed by atoms with Crippen LogP contribution in [0.15, 0.2) is 58.2 Å². The molecule has 0 saturated carbocycles. The third kappa shape index (κ3) is 5.78.